The third kappa shape index (κ3) is 2.91. The van der Waals surface area contributed by atoms with E-state index in [9.17, 15) is 0 Å². The fourth-order valence-corrected chi connectivity index (χ4v) is 1.53. The summed E-state index contributed by atoms with van der Waals surface area (Å²) in [7, 11) is 0. The standard InChI is InChI=1S/C10H9Cl2N/c11-7-8-3-4-9(2-1-5-13)10(12)6-8/h3-4,6H,1-2,7H2. The molecule has 0 N–H and O–H groups in total. The van der Waals surface area contributed by atoms with Gasteiger partial charge in [-0.05, 0) is 23.6 Å². The van der Waals surface area contributed by atoms with Crippen LogP contribution in [0.5, 0.6) is 0 Å². The van der Waals surface area contributed by atoms with Crippen LogP contribution in [0.3, 0.4) is 0 Å². The fourth-order valence-electron chi connectivity index (χ4n) is 1.07. The molecule has 1 nitrogen and oxygen atoms in total. The van der Waals surface area contributed by atoms with Gasteiger partial charge in [0.2, 0.25) is 0 Å². The molecule has 1 rings (SSSR count). The van der Waals surface area contributed by atoms with Crippen molar-refractivity contribution >= 4 is 23.2 Å². The number of hydrogen-bond acceptors (Lipinski definition) is 1. The van der Waals surface area contributed by atoms with Crippen molar-refractivity contribution in [3.63, 3.8) is 0 Å². The first-order valence-corrected chi connectivity index (χ1v) is 4.89. The highest BCUT2D eigenvalue weighted by molar-refractivity contribution is 6.31. The zero-order chi connectivity index (χ0) is 9.68. The van der Waals surface area contributed by atoms with Gasteiger partial charge in [0, 0.05) is 17.3 Å². The van der Waals surface area contributed by atoms with Gasteiger partial charge in [-0.2, -0.15) is 5.26 Å². The minimum atomic E-state index is 0.470. The molecular weight excluding hydrogens is 205 g/mol. The second kappa shape index (κ2) is 5.11. The van der Waals surface area contributed by atoms with Crippen LogP contribution in [0.2, 0.25) is 5.02 Å². The Morgan fingerprint density at radius 2 is 2.15 bits per heavy atom. The highest BCUT2D eigenvalue weighted by atomic mass is 35.5. The summed E-state index contributed by atoms with van der Waals surface area (Å²) in [6, 6.07) is 7.80. The van der Waals surface area contributed by atoms with Crippen molar-refractivity contribution in [2.24, 2.45) is 0 Å². The lowest BCUT2D eigenvalue weighted by Crippen LogP contribution is -1.87. The lowest BCUT2D eigenvalue weighted by atomic mass is 10.1. The van der Waals surface area contributed by atoms with Crippen LogP contribution in [-0.2, 0) is 12.3 Å². The molecular formula is C10H9Cl2N. The van der Waals surface area contributed by atoms with E-state index in [-0.39, 0.29) is 0 Å². The number of alkyl halides is 1. The summed E-state index contributed by atoms with van der Waals surface area (Å²) in [4.78, 5) is 0. The second-order valence-corrected chi connectivity index (χ2v) is 3.39. The maximum absolute atomic E-state index is 8.41. The van der Waals surface area contributed by atoms with E-state index in [1.165, 1.54) is 0 Å². The van der Waals surface area contributed by atoms with Crippen LogP contribution in [0.1, 0.15) is 17.5 Å². The number of nitrogens with zero attached hydrogens (tertiary/aromatic N) is 1. The lowest BCUT2D eigenvalue weighted by Gasteiger charge is -2.02. The Balaban J connectivity index is 2.80. The third-order valence-electron chi connectivity index (χ3n) is 1.78. The molecule has 0 aliphatic carbocycles. The van der Waals surface area contributed by atoms with Gasteiger partial charge >= 0.3 is 0 Å². The second-order valence-electron chi connectivity index (χ2n) is 2.72. The third-order valence-corrected chi connectivity index (χ3v) is 2.44. The molecule has 0 spiro atoms. The smallest absolute Gasteiger partial charge is 0.0625 e. The number of benzene rings is 1. The Kier molecular flexibility index (Phi) is 4.08. The van der Waals surface area contributed by atoms with E-state index in [1.807, 2.05) is 18.2 Å². The Morgan fingerprint density at radius 3 is 2.69 bits per heavy atom. The summed E-state index contributed by atoms with van der Waals surface area (Å²) < 4.78 is 0. The highest BCUT2D eigenvalue weighted by Crippen LogP contribution is 2.20. The Morgan fingerprint density at radius 1 is 1.38 bits per heavy atom. The minimum absolute atomic E-state index is 0.470. The molecule has 0 saturated heterocycles. The molecule has 3 heteroatoms. The summed E-state index contributed by atoms with van der Waals surface area (Å²) >= 11 is 11.6. The number of aryl methyl sites for hydroxylation is 1. The van der Waals surface area contributed by atoms with Crippen molar-refractivity contribution in [2.45, 2.75) is 18.7 Å². The average Bonchev–Trinajstić information content (AvgIpc) is 2.16. The predicted molar refractivity (Wildman–Crippen MR) is 54.9 cm³/mol. The molecule has 0 fully saturated rings. The molecule has 68 valence electrons. The van der Waals surface area contributed by atoms with Crippen LogP contribution in [0.15, 0.2) is 18.2 Å². The summed E-state index contributed by atoms with van der Waals surface area (Å²) in [5.74, 6) is 0.470. The predicted octanol–water partition coefficient (Wildman–Crippen LogP) is 3.53. The Bertz CT molecular complexity index is 328. The van der Waals surface area contributed by atoms with Gasteiger partial charge in [0.15, 0.2) is 0 Å². The first-order valence-electron chi connectivity index (χ1n) is 3.98. The molecule has 0 unspecified atom stereocenters. The molecule has 13 heavy (non-hydrogen) atoms. The molecule has 0 aliphatic rings. The maximum atomic E-state index is 8.41. The molecule has 0 radical (unpaired) electrons. The van der Waals surface area contributed by atoms with Gasteiger partial charge in [0.25, 0.3) is 0 Å². The molecule has 0 aliphatic heterocycles. The molecule has 0 atom stereocenters. The first kappa shape index (κ1) is 10.4. The Hall–Kier alpha value is -0.710. The maximum Gasteiger partial charge on any atom is 0.0625 e. The van der Waals surface area contributed by atoms with E-state index in [0.717, 1.165) is 11.1 Å². The zero-order valence-corrected chi connectivity index (χ0v) is 8.57. The molecule has 0 bridgehead atoms. The number of nitriles is 1. The highest BCUT2D eigenvalue weighted by Gasteiger charge is 2.00. The van der Waals surface area contributed by atoms with Crippen LogP contribution < -0.4 is 0 Å². The molecule has 0 amide bonds. The van der Waals surface area contributed by atoms with Gasteiger partial charge < -0.3 is 0 Å². The van der Waals surface area contributed by atoms with Crippen molar-refractivity contribution in [1.29, 1.82) is 5.26 Å². The Labute approximate surface area is 87.9 Å². The molecule has 1 aromatic rings. The van der Waals surface area contributed by atoms with Gasteiger partial charge in [0.05, 0.1) is 6.07 Å². The topological polar surface area (TPSA) is 23.8 Å². The zero-order valence-electron chi connectivity index (χ0n) is 7.06. The quantitative estimate of drug-likeness (QED) is 0.706. The first-order chi connectivity index (χ1) is 6.27. The van der Waals surface area contributed by atoms with Gasteiger partial charge in [-0.1, -0.05) is 23.7 Å². The van der Waals surface area contributed by atoms with Crippen LogP contribution in [0.4, 0.5) is 0 Å². The number of halogens is 2. The molecule has 0 aromatic heterocycles. The number of rotatable bonds is 3. The summed E-state index contributed by atoms with van der Waals surface area (Å²) in [5, 5.41) is 9.11. The van der Waals surface area contributed by atoms with Crippen LogP contribution in [-0.4, -0.2) is 0 Å². The van der Waals surface area contributed by atoms with Crippen LogP contribution >= 0.6 is 23.2 Å². The summed E-state index contributed by atoms with van der Waals surface area (Å²) in [6.07, 6.45) is 1.21. The van der Waals surface area contributed by atoms with E-state index in [1.54, 1.807) is 0 Å². The largest absolute Gasteiger partial charge is 0.198 e. The average molecular weight is 214 g/mol. The van der Waals surface area contributed by atoms with Gasteiger partial charge in [0.1, 0.15) is 0 Å². The normalized spacial score (nSPS) is 9.62. The van der Waals surface area contributed by atoms with E-state index in [4.69, 9.17) is 28.5 Å². The van der Waals surface area contributed by atoms with E-state index < -0.39 is 0 Å². The van der Waals surface area contributed by atoms with E-state index in [2.05, 4.69) is 6.07 Å². The monoisotopic (exact) mass is 213 g/mol. The summed E-state index contributed by atoms with van der Waals surface area (Å²) in [5.41, 5.74) is 2.02. The van der Waals surface area contributed by atoms with Crippen LogP contribution in [0.25, 0.3) is 0 Å². The van der Waals surface area contributed by atoms with Gasteiger partial charge in [-0.3, -0.25) is 0 Å². The van der Waals surface area contributed by atoms with Crippen molar-refractivity contribution in [3.8, 4) is 6.07 Å². The summed E-state index contributed by atoms with van der Waals surface area (Å²) in [6.45, 7) is 0. The van der Waals surface area contributed by atoms with E-state index in [0.29, 0.717) is 23.7 Å². The molecule has 0 heterocycles. The van der Waals surface area contributed by atoms with Gasteiger partial charge in [-0.25, -0.2) is 0 Å². The SMILES string of the molecule is N#CCCc1ccc(CCl)cc1Cl. The minimum Gasteiger partial charge on any atom is -0.198 e. The van der Waals surface area contributed by atoms with Crippen molar-refractivity contribution < 1.29 is 0 Å². The van der Waals surface area contributed by atoms with Crippen molar-refractivity contribution in [1.82, 2.24) is 0 Å². The van der Waals surface area contributed by atoms with Crippen LogP contribution in [0, 0.1) is 11.3 Å². The molecule has 0 saturated carbocycles. The van der Waals surface area contributed by atoms with Crippen molar-refractivity contribution in [2.75, 3.05) is 0 Å². The number of hydrogen-bond donors (Lipinski definition) is 0. The molecule has 1 aromatic carbocycles. The lowest BCUT2D eigenvalue weighted by molar-refractivity contribution is 1.01. The van der Waals surface area contributed by atoms with Gasteiger partial charge in [-0.15, -0.1) is 11.6 Å². The fraction of sp³-hybridized carbons (Fsp3) is 0.300. The van der Waals surface area contributed by atoms with Crippen molar-refractivity contribution in [3.05, 3.63) is 34.3 Å². The van der Waals surface area contributed by atoms with E-state index >= 15 is 0 Å².